The second kappa shape index (κ2) is 5.82. The minimum Gasteiger partial charge on any atom is -0.363 e. The molecule has 1 aromatic heterocycles. The molecule has 2 N–H and O–H groups in total. The van der Waals surface area contributed by atoms with Gasteiger partial charge in [-0.1, -0.05) is 0 Å². The van der Waals surface area contributed by atoms with Crippen LogP contribution in [0.5, 0.6) is 0 Å². The van der Waals surface area contributed by atoms with Gasteiger partial charge in [-0.15, -0.1) is 0 Å². The van der Waals surface area contributed by atoms with Crippen LogP contribution in [0.25, 0.3) is 0 Å². The second-order valence-corrected chi connectivity index (χ2v) is 4.83. The van der Waals surface area contributed by atoms with Gasteiger partial charge in [0, 0.05) is 20.6 Å². The van der Waals surface area contributed by atoms with Crippen molar-refractivity contribution in [2.24, 2.45) is 5.92 Å². The zero-order valence-electron chi connectivity index (χ0n) is 10.9. The molecule has 1 aliphatic heterocycles. The van der Waals surface area contributed by atoms with Crippen molar-refractivity contribution in [3.8, 4) is 0 Å². The molecule has 0 bridgehead atoms. The van der Waals surface area contributed by atoms with Crippen LogP contribution in [0.2, 0.25) is 0 Å². The van der Waals surface area contributed by atoms with Crippen molar-refractivity contribution in [3.63, 3.8) is 0 Å². The van der Waals surface area contributed by atoms with Crippen LogP contribution >= 0.6 is 0 Å². The number of carbonyl (C=O) groups is 1. The highest BCUT2D eigenvalue weighted by Crippen LogP contribution is 2.15. The Morgan fingerprint density at radius 2 is 2.33 bits per heavy atom. The first-order valence-corrected chi connectivity index (χ1v) is 6.32. The van der Waals surface area contributed by atoms with E-state index in [1.54, 1.807) is 6.20 Å². The lowest BCUT2D eigenvalue weighted by atomic mass is 9.99. The first-order valence-electron chi connectivity index (χ1n) is 6.32. The number of pyridine rings is 1. The molecule has 0 unspecified atom stereocenters. The molecular weight excluding hydrogens is 228 g/mol. The fourth-order valence-electron chi connectivity index (χ4n) is 2.04. The molecule has 1 aliphatic rings. The van der Waals surface area contributed by atoms with Crippen molar-refractivity contribution in [2.45, 2.75) is 12.8 Å². The summed E-state index contributed by atoms with van der Waals surface area (Å²) in [6.07, 6.45) is 3.72. The molecular formula is C13H20N4O. The summed E-state index contributed by atoms with van der Waals surface area (Å²) in [5, 5.41) is 6.16. The number of carbonyl (C=O) groups excluding carboxylic acids is 1. The van der Waals surface area contributed by atoms with E-state index in [0.29, 0.717) is 0 Å². The van der Waals surface area contributed by atoms with E-state index in [-0.39, 0.29) is 11.8 Å². The van der Waals surface area contributed by atoms with Crippen molar-refractivity contribution >= 4 is 17.4 Å². The van der Waals surface area contributed by atoms with Gasteiger partial charge in [0.05, 0.1) is 17.8 Å². The van der Waals surface area contributed by atoms with E-state index in [1.165, 1.54) is 0 Å². The summed E-state index contributed by atoms with van der Waals surface area (Å²) in [6, 6.07) is 3.78. The lowest BCUT2D eigenvalue weighted by Gasteiger charge is -2.21. The largest absolute Gasteiger partial charge is 0.363 e. The molecule has 1 fully saturated rings. The molecule has 2 heterocycles. The molecule has 5 heteroatoms. The van der Waals surface area contributed by atoms with E-state index in [0.717, 1.165) is 37.4 Å². The minimum absolute atomic E-state index is 0.0762. The fraction of sp³-hybridized carbons (Fsp3) is 0.538. The van der Waals surface area contributed by atoms with Crippen molar-refractivity contribution < 1.29 is 4.79 Å². The number of rotatable bonds is 3. The van der Waals surface area contributed by atoms with Crippen LogP contribution in [0.1, 0.15) is 12.8 Å². The third-order valence-corrected chi connectivity index (χ3v) is 3.14. The van der Waals surface area contributed by atoms with Crippen LogP contribution in [0.4, 0.5) is 11.5 Å². The highest BCUT2D eigenvalue weighted by atomic mass is 16.1. The second-order valence-electron chi connectivity index (χ2n) is 4.83. The first kappa shape index (κ1) is 12.8. The van der Waals surface area contributed by atoms with E-state index in [2.05, 4.69) is 15.6 Å². The van der Waals surface area contributed by atoms with Crippen LogP contribution in [0.15, 0.2) is 18.3 Å². The van der Waals surface area contributed by atoms with Crippen LogP contribution < -0.4 is 15.5 Å². The average molecular weight is 248 g/mol. The molecule has 0 saturated carbocycles. The van der Waals surface area contributed by atoms with Crippen LogP contribution in [-0.2, 0) is 4.79 Å². The van der Waals surface area contributed by atoms with Gasteiger partial charge in [0.15, 0.2) is 0 Å². The maximum Gasteiger partial charge on any atom is 0.228 e. The molecule has 2 rings (SSSR count). The zero-order valence-corrected chi connectivity index (χ0v) is 10.9. The van der Waals surface area contributed by atoms with Gasteiger partial charge in [-0.2, -0.15) is 0 Å². The van der Waals surface area contributed by atoms with Crippen molar-refractivity contribution in [3.05, 3.63) is 18.3 Å². The highest BCUT2D eigenvalue weighted by molar-refractivity contribution is 5.92. The van der Waals surface area contributed by atoms with E-state index >= 15 is 0 Å². The molecule has 98 valence electrons. The number of aromatic nitrogens is 1. The van der Waals surface area contributed by atoms with Crippen molar-refractivity contribution in [1.29, 1.82) is 0 Å². The van der Waals surface area contributed by atoms with Crippen LogP contribution in [0.3, 0.4) is 0 Å². The number of nitrogens with one attached hydrogen (secondary N) is 2. The molecule has 5 nitrogen and oxygen atoms in total. The number of piperidine rings is 1. The van der Waals surface area contributed by atoms with E-state index in [4.69, 9.17) is 0 Å². The Labute approximate surface area is 108 Å². The Morgan fingerprint density at radius 3 is 2.89 bits per heavy atom. The molecule has 1 aromatic rings. The number of amides is 1. The third-order valence-electron chi connectivity index (χ3n) is 3.14. The lowest BCUT2D eigenvalue weighted by Crippen LogP contribution is -2.37. The zero-order chi connectivity index (χ0) is 13.0. The summed E-state index contributed by atoms with van der Waals surface area (Å²) in [4.78, 5) is 18.2. The molecule has 0 aromatic carbocycles. The lowest BCUT2D eigenvalue weighted by molar-refractivity contribution is -0.120. The summed E-state index contributed by atoms with van der Waals surface area (Å²) in [5.41, 5.74) is 0.760. The molecule has 18 heavy (non-hydrogen) atoms. The number of hydrogen-bond donors (Lipinski definition) is 2. The van der Waals surface area contributed by atoms with Crippen LogP contribution in [-0.4, -0.2) is 38.1 Å². The predicted octanol–water partition coefficient (Wildman–Crippen LogP) is 1.09. The number of hydrogen-bond acceptors (Lipinski definition) is 4. The Bertz CT molecular complexity index is 396. The van der Waals surface area contributed by atoms with Gasteiger partial charge in [0.25, 0.3) is 0 Å². The monoisotopic (exact) mass is 248 g/mol. The minimum atomic E-state index is 0.0762. The third kappa shape index (κ3) is 3.20. The van der Waals surface area contributed by atoms with Gasteiger partial charge in [0.2, 0.25) is 5.91 Å². The molecule has 0 radical (unpaired) electrons. The average Bonchev–Trinajstić information content (AvgIpc) is 2.40. The van der Waals surface area contributed by atoms with Crippen molar-refractivity contribution in [1.82, 2.24) is 10.3 Å². The fourth-order valence-corrected chi connectivity index (χ4v) is 2.04. The van der Waals surface area contributed by atoms with Gasteiger partial charge in [-0.3, -0.25) is 4.79 Å². The predicted molar refractivity (Wildman–Crippen MR) is 72.8 cm³/mol. The van der Waals surface area contributed by atoms with E-state index in [9.17, 15) is 4.79 Å². The summed E-state index contributed by atoms with van der Waals surface area (Å²) in [7, 11) is 3.88. The molecule has 1 atom stereocenters. The van der Waals surface area contributed by atoms with Gasteiger partial charge in [-0.25, -0.2) is 4.98 Å². The molecule has 0 aliphatic carbocycles. The van der Waals surface area contributed by atoms with Crippen molar-refractivity contribution in [2.75, 3.05) is 37.4 Å². The highest BCUT2D eigenvalue weighted by Gasteiger charge is 2.20. The molecule has 1 saturated heterocycles. The number of nitrogens with zero attached hydrogens (tertiary/aromatic N) is 2. The molecule has 0 spiro atoms. The topological polar surface area (TPSA) is 57.3 Å². The Balaban J connectivity index is 1.94. The first-order chi connectivity index (χ1) is 8.66. The maximum atomic E-state index is 12.0. The standard InChI is InChI=1S/C13H20N4O/c1-17(2)12-6-5-11(9-15-12)16-13(18)10-4-3-7-14-8-10/h5-6,9-10,14H,3-4,7-8H2,1-2H3,(H,16,18)/t10-/m0/s1. The van der Waals surface area contributed by atoms with Gasteiger partial charge in [-0.05, 0) is 31.5 Å². The summed E-state index contributed by atoms with van der Waals surface area (Å²) in [5.74, 6) is 1.04. The number of anilines is 2. The smallest absolute Gasteiger partial charge is 0.228 e. The van der Waals surface area contributed by atoms with E-state index < -0.39 is 0 Å². The van der Waals surface area contributed by atoms with E-state index in [1.807, 2.05) is 31.1 Å². The van der Waals surface area contributed by atoms with Gasteiger partial charge in [0.1, 0.15) is 5.82 Å². The summed E-state index contributed by atoms with van der Waals surface area (Å²) in [6.45, 7) is 1.79. The Kier molecular flexibility index (Phi) is 4.15. The summed E-state index contributed by atoms with van der Waals surface area (Å²) < 4.78 is 0. The Hall–Kier alpha value is -1.62. The summed E-state index contributed by atoms with van der Waals surface area (Å²) >= 11 is 0. The van der Waals surface area contributed by atoms with Gasteiger partial charge >= 0.3 is 0 Å². The SMILES string of the molecule is CN(C)c1ccc(NC(=O)[C@H]2CCCNC2)cn1. The Morgan fingerprint density at radius 1 is 1.50 bits per heavy atom. The molecule has 1 amide bonds. The quantitative estimate of drug-likeness (QED) is 0.840. The maximum absolute atomic E-state index is 12.0. The normalized spacial score (nSPS) is 19.3. The van der Waals surface area contributed by atoms with Crippen LogP contribution in [0, 0.1) is 5.92 Å². The van der Waals surface area contributed by atoms with Gasteiger partial charge < -0.3 is 15.5 Å².